The van der Waals surface area contributed by atoms with Gasteiger partial charge in [-0.3, -0.25) is 14.4 Å². The number of carbonyl (C=O) groups excluding carboxylic acids is 3. The first kappa shape index (κ1) is 64.9. The SMILES string of the molecule is C#CCC(CC#C)C(=O)OC(=O)CCC/C=C\C[C@@H]1[C@@H](CC[C@@H](O)COc2ccccc2)[C@H](O)C[C@@H]1O.C#CCC(CC#C)COC(=O)CCC/C=C\C[C@@H]1[C@@H](/C=C/[C@@H](O)COc2cccc(C(F)(F)F)c2)[C@H](O)C[C@@H]1O. The van der Waals surface area contributed by atoms with Crippen molar-refractivity contribution in [2.75, 3.05) is 19.8 Å². The van der Waals surface area contributed by atoms with Crippen molar-refractivity contribution in [3.63, 3.8) is 0 Å². The van der Waals surface area contributed by atoms with Gasteiger partial charge in [0.25, 0.3) is 0 Å². The number of ether oxygens (including phenoxy) is 4. The fourth-order valence-electron chi connectivity index (χ4n) is 9.09. The molecule has 2 saturated carbocycles. The van der Waals surface area contributed by atoms with Gasteiger partial charge in [-0.05, 0) is 106 Å². The molecule has 2 aliphatic rings. The van der Waals surface area contributed by atoms with Crippen LogP contribution in [0.25, 0.3) is 0 Å². The smallest absolute Gasteiger partial charge is 0.416 e. The van der Waals surface area contributed by atoms with Crippen LogP contribution in [0.15, 0.2) is 91.1 Å². The molecule has 77 heavy (non-hydrogen) atoms. The zero-order valence-corrected chi connectivity index (χ0v) is 43.5. The summed E-state index contributed by atoms with van der Waals surface area (Å²) in [5.74, 6) is 7.18. The Labute approximate surface area is 451 Å². The zero-order chi connectivity index (χ0) is 56.6. The van der Waals surface area contributed by atoms with Gasteiger partial charge in [0.15, 0.2) is 0 Å². The molecule has 2 aromatic rings. The molecule has 0 amide bonds. The van der Waals surface area contributed by atoms with Crippen LogP contribution in [-0.4, -0.2) is 105 Å². The minimum atomic E-state index is -4.50. The molecular formula is C61H75F3O13. The van der Waals surface area contributed by atoms with Gasteiger partial charge in [0, 0.05) is 56.8 Å². The number of unbranched alkanes of at least 4 members (excludes halogenated alkanes) is 2. The van der Waals surface area contributed by atoms with Crippen LogP contribution in [-0.2, 0) is 30.0 Å². The van der Waals surface area contributed by atoms with Gasteiger partial charge in [-0.25, -0.2) is 0 Å². The summed E-state index contributed by atoms with van der Waals surface area (Å²) in [4.78, 5) is 35.8. The Hall–Kier alpha value is -6.34. The van der Waals surface area contributed by atoms with Crippen LogP contribution in [0.4, 0.5) is 13.2 Å². The molecule has 0 spiro atoms. The molecule has 2 aliphatic carbocycles. The van der Waals surface area contributed by atoms with Crippen molar-refractivity contribution < 1.29 is 77.1 Å². The number of alkyl halides is 3. The average molecular weight is 1070 g/mol. The van der Waals surface area contributed by atoms with Gasteiger partial charge in [-0.1, -0.05) is 60.7 Å². The number of para-hydroxylation sites is 1. The van der Waals surface area contributed by atoms with Crippen LogP contribution in [0.3, 0.4) is 0 Å². The third kappa shape index (κ3) is 25.1. The van der Waals surface area contributed by atoms with Gasteiger partial charge in [-0.15, -0.1) is 49.4 Å². The van der Waals surface area contributed by atoms with Gasteiger partial charge in [0.1, 0.15) is 30.8 Å². The highest BCUT2D eigenvalue weighted by molar-refractivity contribution is 5.87. The quantitative estimate of drug-likeness (QED) is 0.0144. The molecule has 0 heterocycles. The number of aliphatic hydroxyl groups is 6. The number of halogens is 3. The van der Waals surface area contributed by atoms with E-state index >= 15 is 0 Å². The van der Waals surface area contributed by atoms with Crippen LogP contribution in [0, 0.1) is 84.9 Å². The van der Waals surface area contributed by atoms with Crippen molar-refractivity contribution in [3.05, 3.63) is 96.6 Å². The predicted octanol–water partition coefficient (Wildman–Crippen LogP) is 8.10. The summed E-state index contributed by atoms with van der Waals surface area (Å²) >= 11 is 0. The minimum Gasteiger partial charge on any atom is -0.491 e. The molecule has 16 heteroatoms. The molecular weight excluding hydrogens is 998 g/mol. The van der Waals surface area contributed by atoms with E-state index in [-0.39, 0.29) is 87.3 Å². The minimum absolute atomic E-state index is 0.0214. The van der Waals surface area contributed by atoms with Crippen LogP contribution >= 0.6 is 0 Å². The lowest BCUT2D eigenvalue weighted by atomic mass is 9.86. The molecule has 4 rings (SSSR count). The number of rotatable bonds is 30. The van der Waals surface area contributed by atoms with Gasteiger partial charge in [0.2, 0.25) is 0 Å². The fraction of sp³-hybridized carbons (Fsp3) is 0.525. The van der Waals surface area contributed by atoms with Crippen LogP contribution in [0.2, 0.25) is 0 Å². The molecule has 0 radical (unpaired) electrons. The maximum Gasteiger partial charge on any atom is 0.416 e. The molecule has 418 valence electrons. The second kappa shape index (κ2) is 35.9. The Bertz CT molecular complexity index is 2310. The van der Waals surface area contributed by atoms with Crippen molar-refractivity contribution in [1.29, 1.82) is 0 Å². The first-order chi connectivity index (χ1) is 36.9. The van der Waals surface area contributed by atoms with Gasteiger partial charge in [0.05, 0.1) is 48.6 Å². The number of carbonyl (C=O) groups is 3. The van der Waals surface area contributed by atoms with E-state index in [0.717, 1.165) is 12.1 Å². The predicted molar refractivity (Wildman–Crippen MR) is 285 cm³/mol. The number of hydrogen-bond donors (Lipinski definition) is 6. The lowest BCUT2D eigenvalue weighted by Gasteiger charge is -2.23. The number of hydrogen-bond acceptors (Lipinski definition) is 13. The maximum absolute atomic E-state index is 12.8. The van der Waals surface area contributed by atoms with E-state index < -0.39 is 72.1 Å². The molecule has 0 unspecified atom stereocenters. The number of terminal acetylenes is 4. The Morgan fingerprint density at radius 1 is 0.662 bits per heavy atom. The van der Waals surface area contributed by atoms with Crippen molar-refractivity contribution in [1.82, 2.24) is 0 Å². The summed E-state index contributed by atoms with van der Waals surface area (Å²) in [6.45, 7) is 0.0963. The van der Waals surface area contributed by atoms with E-state index in [0.29, 0.717) is 76.4 Å². The van der Waals surface area contributed by atoms with Crippen molar-refractivity contribution in [3.8, 4) is 60.9 Å². The highest BCUT2D eigenvalue weighted by Gasteiger charge is 2.41. The summed E-state index contributed by atoms with van der Waals surface area (Å²) in [7, 11) is 0. The summed E-state index contributed by atoms with van der Waals surface area (Å²) in [5, 5.41) is 62.2. The molecule has 6 N–H and O–H groups in total. The lowest BCUT2D eigenvalue weighted by molar-refractivity contribution is -0.162. The molecule has 0 bridgehead atoms. The molecule has 0 saturated heterocycles. The molecule has 13 nitrogen and oxygen atoms in total. The Balaban J connectivity index is 0.000000406. The lowest BCUT2D eigenvalue weighted by Crippen LogP contribution is -2.25. The summed E-state index contributed by atoms with van der Waals surface area (Å²) in [6.07, 6.45) is 29.1. The van der Waals surface area contributed by atoms with Gasteiger partial charge < -0.3 is 49.6 Å². The number of benzene rings is 2. The first-order valence-corrected chi connectivity index (χ1v) is 26.1. The molecule has 2 fully saturated rings. The monoisotopic (exact) mass is 1070 g/mol. The largest absolute Gasteiger partial charge is 0.491 e. The normalized spacial score (nSPS) is 21.9. The Morgan fingerprint density at radius 3 is 1.84 bits per heavy atom. The maximum atomic E-state index is 12.8. The van der Waals surface area contributed by atoms with Crippen molar-refractivity contribution >= 4 is 17.9 Å². The van der Waals surface area contributed by atoms with Crippen LogP contribution in [0.1, 0.15) is 108 Å². The number of esters is 3. The molecule has 10 atom stereocenters. The standard InChI is InChI=1S/C31H37F3O6.C30H38O7/c1-3-10-22(11-4-2)20-40-30(38)15-8-6-5-7-14-26-27(29(37)19-28(26)36)17-16-24(35)21-39-25-13-9-12-23(18-25)31(32,33)34;1-3-12-22(13-4-2)30(35)37-29(34)17-11-6-5-10-16-25-26(28(33)20-27(25)32)19-18-23(31)21-36-24-14-8-7-9-15-24/h1-2,5,7,9,12-13,16-18,22,24,26-29,35-37H,6,8,10-11,14-15,19-21H2;1-2,5,7-10,14-15,22-23,25-28,31-33H,6,11-13,16-21H2/b7-5-,17-16+;10-5-/t24-,26-,27-,28+,29-;23-,25-,26-,27+,28-/m11/s1. The molecule has 0 aromatic heterocycles. The Kier molecular flexibility index (Phi) is 30.3. The summed E-state index contributed by atoms with van der Waals surface area (Å²) in [6, 6.07) is 13.6. The Morgan fingerprint density at radius 2 is 1.22 bits per heavy atom. The van der Waals surface area contributed by atoms with E-state index in [1.807, 2.05) is 54.6 Å². The third-order valence-corrected chi connectivity index (χ3v) is 13.3. The number of allylic oxidation sites excluding steroid dienone is 4. The average Bonchev–Trinajstić information content (AvgIpc) is 3.84. The molecule has 0 aliphatic heterocycles. The highest BCUT2D eigenvalue weighted by atomic mass is 19.4. The summed E-state index contributed by atoms with van der Waals surface area (Å²) < 4.78 is 59.5. The van der Waals surface area contributed by atoms with E-state index in [4.69, 9.17) is 44.6 Å². The van der Waals surface area contributed by atoms with Gasteiger partial charge >= 0.3 is 24.1 Å². The topological polar surface area (TPSA) is 210 Å². The van der Waals surface area contributed by atoms with Crippen molar-refractivity contribution in [2.24, 2.45) is 35.5 Å². The first-order valence-electron chi connectivity index (χ1n) is 26.1. The van der Waals surface area contributed by atoms with E-state index in [2.05, 4.69) is 23.7 Å². The van der Waals surface area contributed by atoms with E-state index in [9.17, 15) is 58.2 Å². The second-order valence-corrected chi connectivity index (χ2v) is 19.3. The molecule has 2 aromatic carbocycles. The fourth-order valence-corrected chi connectivity index (χ4v) is 9.09. The zero-order valence-electron chi connectivity index (χ0n) is 43.5. The van der Waals surface area contributed by atoms with E-state index in [1.165, 1.54) is 18.2 Å². The third-order valence-electron chi connectivity index (χ3n) is 13.3. The number of aliphatic hydroxyl groups excluding tert-OH is 6. The summed E-state index contributed by atoms with van der Waals surface area (Å²) in [5.41, 5.74) is -0.848. The van der Waals surface area contributed by atoms with Crippen LogP contribution in [0.5, 0.6) is 11.5 Å². The second-order valence-electron chi connectivity index (χ2n) is 19.3. The van der Waals surface area contributed by atoms with Gasteiger partial charge in [-0.2, -0.15) is 13.2 Å². The van der Waals surface area contributed by atoms with E-state index in [1.54, 1.807) is 6.08 Å². The van der Waals surface area contributed by atoms with Crippen LogP contribution < -0.4 is 9.47 Å². The highest BCUT2D eigenvalue weighted by Crippen LogP contribution is 2.39. The van der Waals surface area contributed by atoms with Crippen molar-refractivity contribution in [2.45, 2.75) is 146 Å².